The maximum Gasteiger partial charge on any atom is 0.365 e. The molecule has 0 spiro atoms. The predicted molar refractivity (Wildman–Crippen MR) is 19.0 cm³/mol. The fraction of sp³-hybridized carbons (Fsp3) is 0.500. The molecule has 0 atom stereocenters. The van der Waals surface area contributed by atoms with Gasteiger partial charge >= 0.3 is 5.76 Å². The van der Waals surface area contributed by atoms with Crippen LogP contribution in [0.25, 0.3) is 0 Å². The van der Waals surface area contributed by atoms with Gasteiger partial charge in [-0.3, -0.25) is 0 Å². The first-order chi connectivity index (χ1) is 2.27. The van der Waals surface area contributed by atoms with Crippen LogP contribution in [0.1, 0.15) is 0 Å². The van der Waals surface area contributed by atoms with Crippen LogP contribution in [0.15, 0.2) is 0 Å². The van der Waals surface area contributed by atoms with Crippen molar-refractivity contribution in [2.45, 2.75) is 0 Å². The van der Waals surface area contributed by atoms with Crippen molar-refractivity contribution in [1.29, 1.82) is 0 Å². The molecule has 3 heteroatoms. The lowest BCUT2D eigenvalue weighted by Crippen LogP contribution is -1.58. The highest BCUT2D eigenvalue weighted by molar-refractivity contribution is 8.01. The van der Waals surface area contributed by atoms with E-state index in [4.69, 9.17) is 0 Å². The molecule has 0 nitrogen and oxygen atoms in total. The average Bonchev–Trinajstić information content (AvgIpc) is 1.38. The summed E-state index contributed by atoms with van der Waals surface area (Å²) in [5.74, 6) is -1.58. The van der Waals surface area contributed by atoms with E-state index in [9.17, 15) is 8.78 Å². The quantitative estimate of drug-likeness (QED) is 0.480. The van der Waals surface area contributed by atoms with Crippen molar-refractivity contribution < 1.29 is 8.78 Å². The number of hydrogen-bond acceptors (Lipinski definition) is 1. The molecule has 0 saturated carbocycles. The molecule has 0 aliphatic heterocycles. The molecule has 0 rings (SSSR count). The molecule has 0 N–H and O–H groups in total. The highest BCUT2D eigenvalue weighted by Gasteiger charge is 1.96. The van der Waals surface area contributed by atoms with Gasteiger partial charge in [0.15, 0.2) is 0 Å². The molecule has 0 fully saturated rings. The van der Waals surface area contributed by atoms with Crippen LogP contribution >= 0.6 is 11.8 Å². The fourth-order valence-corrected chi connectivity index (χ4v) is 0. The summed E-state index contributed by atoms with van der Waals surface area (Å²) in [7, 11) is 0. The third-order valence-corrected chi connectivity index (χ3v) is 0.463. The van der Waals surface area contributed by atoms with E-state index in [0.717, 1.165) is 0 Å². The van der Waals surface area contributed by atoms with Gasteiger partial charge in [0, 0.05) is 0 Å². The average molecular weight is 97.1 g/mol. The lowest BCUT2D eigenvalue weighted by molar-refractivity contribution is 0.374. The lowest BCUT2D eigenvalue weighted by atomic mass is 11.7. The van der Waals surface area contributed by atoms with E-state index in [1.165, 1.54) is 6.26 Å². The summed E-state index contributed by atoms with van der Waals surface area (Å²) in [6.07, 6.45) is 1.33. The van der Waals surface area contributed by atoms with E-state index in [1.807, 2.05) is 0 Å². The molecule has 0 amide bonds. The van der Waals surface area contributed by atoms with Crippen molar-refractivity contribution in [2.75, 3.05) is 6.26 Å². The Kier molecular flexibility index (Phi) is 2.55. The first kappa shape index (κ1) is 5.21. The zero-order valence-electron chi connectivity index (χ0n) is 2.66. The van der Waals surface area contributed by atoms with Gasteiger partial charge in [0.25, 0.3) is 0 Å². The van der Waals surface area contributed by atoms with E-state index in [-0.39, 0.29) is 0 Å². The van der Waals surface area contributed by atoms with Gasteiger partial charge in [0.2, 0.25) is 0 Å². The van der Waals surface area contributed by atoms with Crippen LogP contribution in [-0.2, 0) is 0 Å². The SMILES string of the molecule is CS[C](F)F. The Bertz CT molecular complexity index is 21.6. The molecule has 0 aliphatic rings. The van der Waals surface area contributed by atoms with Crippen LogP contribution in [0.2, 0.25) is 0 Å². The third-order valence-electron chi connectivity index (χ3n) is 0.154. The molecule has 0 aromatic heterocycles. The van der Waals surface area contributed by atoms with Crippen molar-refractivity contribution in [1.82, 2.24) is 0 Å². The standard InChI is InChI=1S/C2H3F2S/c1-5-2(3)4/h1H3. The van der Waals surface area contributed by atoms with Gasteiger partial charge < -0.3 is 0 Å². The molecule has 0 aromatic rings. The molecule has 31 valence electrons. The number of thioether (sulfide) groups is 1. The minimum atomic E-state index is -1.58. The zero-order valence-corrected chi connectivity index (χ0v) is 3.48. The fourth-order valence-electron chi connectivity index (χ4n) is 0. The molecule has 0 bridgehead atoms. The minimum absolute atomic E-state index is 0.463. The molecular formula is C2H3F2S. The predicted octanol–water partition coefficient (Wildman–Crippen LogP) is 1.74. The Balaban J connectivity index is 2.54. The molecule has 0 heterocycles. The van der Waals surface area contributed by atoms with Crippen LogP contribution in [-0.4, -0.2) is 6.26 Å². The topological polar surface area (TPSA) is 0 Å². The molecule has 0 aromatic carbocycles. The van der Waals surface area contributed by atoms with Crippen LogP contribution in [0.3, 0.4) is 0 Å². The summed E-state index contributed by atoms with van der Waals surface area (Å²) in [5, 5.41) is 0. The Morgan fingerprint density at radius 1 is 1.60 bits per heavy atom. The number of halogens is 2. The van der Waals surface area contributed by atoms with Crippen molar-refractivity contribution >= 4 is 11.8 Å². The molecule has 0 saturated heterocycles. The van der Waals surface area contributed by atoms with E-state index in [0.29, 0.717) is 11.8 Å². The minimum Gasteiger partial charge on any atom is -0.186 e. The second-order valence-corrected chi connectivity index (χ2v) is 1.15. The molecule has 0 aliphatic carbocycles. The van der Waals surface area contributed by atoms with Crippen molar-refractivity contribution in [3.8, 4) is 0 Å². The smallest absolute Gasteiger partial charge is 0.186 e. The van der Waals surface area contributed by atoms with E-state index in [2.05, 4.69) is 0 Å². The highest BCUT2D eigenvalue weighted by Crippen LogP contribution is 2.16. The van der Waals surface area contributed by atoms with Crippen LogP contribution in [0.5, 0.6) is 0 Å². The Labute approximate surface area is 33.6 Å². The van der Waals surface area contributed by atoms with Crippen molar-refractivity contribution in [3.63, 3.8) is 0 Å². The number of hydrogen-bond donors (Lipinski definition) is 0. The summed E-state index contributed by atoms with van der Waals surface area (Å²) < 4.78 is 21.3. The van der Waals surface area contributed by atoms with E-state index < -0.39 is 5.76 Å². The van der Waals surface area contributed by atoms with Crippen LogP contribution < -0.4 is 0 Å². The summed E-state index contributed by atoms with van der Waals surface area (Å²) in [5.41, 5.74) is 0. The summed E-state index contributed by atoms with van der Waals surface area (Å²) >= 11 is 0.463. The Hall–Kier alpha value is 0.210. The van der Waals surface area contributed by atoms with Gasteiger partial charge in [-0.05, 0) is 6.26 Å². The number of rotatable bonds is 1. The first-order valence-corrected chi connectivity index (χ1v) is 2.22. The van der Waals surface area contributed by atoms with Gasteiger partial charge in [0.1, 0.15) is 0 Å². The van der Waals surface area contributed by atoms with Gasteiger partial charge in [-0.1, -0.05) is 11.8 Å². The molecule has 1 radical (unpaired) electrons. The van der Waals surface area contributed by atoms with Gasteiger partial charge in [-0.15, -0.1) is 0 Å². The zero-order chi connectivity index (χ0) is 4.28. The van der Waals surface area contributed by atoms with Gasteiger partial charge in [-0.25, -0.2) is 0 Å². The summed E-state index contributed by atoms with van der Waals surface area (Å²) in [6.45, 7) is 0. The van der Waals surface area contributed by atoms with E-state index in [1.54, 1.807) is 0 Å². The molecule has 0 unspecified atom stereocenters. The molecule has 5 heavy (non-hydrogen) atoms. The van der Waals surface area contributed by atoms with Gasteiger partial charge in [0.05, 0.1) is 0 Å². The molecular weight excluding hydrogens is 94.1 g/mol. The monoisotopic (exact) mass is 97.0 g/mol. The maximum atomic E-state index is 10.6. The van der Waals surface area contributed by atoms with Crippen LogP contribution in [0.4, 0.5) is 8.78 Å². The second-order valence-electron chi connectivity index (χ2n) is 0.430. The Morgan fingerprint density at radius 3 is 1.80 bits per heavy atom. The van der Waals surface area contributed by atoms with Crippen molar-refractivity contribution in [3.05, 3.63) is 5.76 Å². The normalized spacial score (nSPS) is 9.60. The van der Waals surface area contributed by atoms with Gasteiger partial charge in [-0.2, -0.15) is 8.78 Å². The van der Waals surface area contributed by atoms with Crippen LogP contribution in [0, 0.1) is 5.76 Å². The summed E-state index contributed by atoms with van der Waals surface area (Å²) in [6, 6.07) is 0. The Morgan fingerprint density at radius 2 is 1.80 bits per heavy atom. The summed E-state index contributed by atoms with van der Waals surface area (Å²) in [4.78, 5) is 0. The first-order valence-electron chi connectivity index (χ1n) is 0.990. The third kappa shape index (κ3) is 4.21. The highest BCUT2D eigenvalue weighted by atomic mass is 32.2. The van der Waals surface area contributed by atoms with E-state index >= 15 is 0 Å². The lowest BCUT2D eigenvalue weighted by Gasteiger charge is -1.78. The van der Waals surface area contributed by atoms with Crippen molar-refractivity contribution in [2.24, 2.45) is 0 Å². The largest absolute Gasteiger partial charge is 0.365 e. The maximum absolute atomic E-state index is 10.6. The second kappa shape index (κ2) is 2.45.